The van der Waals surface area contributed by atoms with Gasteiger partial charge in [-0.25, -0.2) is 0 Å². The molecule has 2 rings (SSSR count). The van der Waals surface area contributed by atoms with Gasteiger partial charge >= 0.3 is 0 Å². The van der Waals surface area contributed by atoms with Crippen LogP contribution in [0.5, 0.6) is 5.75 Å². The molecule has 0 spiro atoms. The number of aryl methyl sites for hydroxylation is 1. The van der Waals surface area contributed by atoms with E-state index in [0.29, 0.717) is 0 Å². The Hall–Kier alpha value is -1.81. The Balaban J connectivity index is 2.30. The second kappa shape index (κ2) is 6.38. The number of aromatic nitrogens is 2. The second-order valence-corrected chi connectivity index (χ2v) is 4.60. The van der Waals surface area contributed by atoms with Gasteiger partial charge in [0.15, 0.2) is 0 Å². The van der Waals surface area contributed by atoms with E-state index in [0.717, 1.165) is 30.8 Å². The van der Waals surface area contributed by atoms with Crippen molar-refractivity contribution < 1.29 is 4.74 Å². The summed E-state index contributed by atoms with van der Waals surface area (Å²) >= 11 is 0. The highest BCUT2D eigenvalue weighted by atomic mass is 16.5. The van der Waals surface area contributed by atoms with Gasteiger partial charge in [0.25, 0.3) is 0 Å². The molecule has 19 heavy (non-hydrogen) atoms. The van der Waals surface area contributed by atoms with E-state index < -0.39 is 0 Å². The molecular formula is C15H21N3O. The first kappa shape index (κ1) is 13.6. The molecule has 0 fully saturated rings. The molecule has 0 bridgehead atoms. The van der Waals surface area contributed by atoms with E-state index in [1.807, 2.05) is 30.2 Å². The van der Waals surface area contributed by atoms with Gasteiger partial charge in [0.05, 0.1) is 13.3 Å². The number of ether oxygens (including phenoxy) is 1. The van der Waals surface area contributed by atoms with E-state index in [2.05, 4.69) is 29.5 Å². The molecule has 1 heterocycles. The molecule has 0 atom stereocenters. The Morgan fingerprint density at radius 2 is 2.21 bits per heavy atom. The van der Waals surface area contributed by atoms with Crippen molar-refractivity contribution in [2.75, 3.05) is 13.7 Å². The summed E-state index contributed by atoms with van der Waals surface area (Å²) < 4.78 is 7.13. The minimum Gasteiger partial charge on any atom is -0.497 e. The number of nitrogens with one attached hydrogen (secondary N) is 1. The van der Waals surface area contributed by atoms with E-state index in [9.17, 15) is 0 Å². The SMILES string of the molecule is CCCNCc1cc(OC)ccc1-c1cnn(C)c1. The molecule has 1 aromatic heterocycles. The molecule has 0 saturated heterocycles. The molecule has 0 aliphatic carbocycles. The summed E-state index contributed by atoms with van der Waals surface area (Å²) in [5.41, 5.74) is 3.58. The first-order chi connectivity index (χ1) is 9.24. The van der Waals surface area contributed by atoms with Crippen molar-refractivity contribution in [3.05, 3.63) is 36.2 Å². The molecule has 0 unspecified atom stereocenters. The van der Waals surface area contributed by atoms with Crippen molar-refractivity contribution in [1.29, 1.82) is 0 Å². The van der Waals surface area contributed by atoms with E-state index in [4.69, 9.17) is 4.74 Å². The maximum Gasteiger partial charge on any atom is 0.119 e. The van der Waals surface area contributed by atoms with Crippen molar-refractivity contribution in [1.82, 2.24) is 15.1 Å². The van der Waals surface area contributed by atoms with Crippen molar-refractivity contribution in [3.63, 3.8) is 0 Å². The van der Waals surface area contributed by atoms with Crippen LogP contribution < -0.4 is 10.1 Å². The van der Waals surface area contributed by atoms with Crippen LogP contribution in [0.15, 0.2) is 30.6 Å². The van der Waals surface area contributed by atoms with Crippen molar-refractivity contribution in [3.8, 4) is 16.9 Å². The van der Waals surface area contributed by atoms with Gasteiger partial charge in [0, 0.05) is 25.4 Å². The molecule has 1 aromatic carbocycles. The lowest BCUT2D eigenvalue weighted by molar-refractivity contribution is 0.414. The number of hydrogen-bond donors (Lipinski definition) is 1. The number of methoxy groups -OCH3 is 1. The van der Waals surface area contributed by atoms with Crippen LogP contribution in [0.3, 0.4) is 0 Å². The highest BCUT2D eigenvalue weighted by molar-refractivity contribution is 5.67. The van der Waals surface area contributed by atoms with Crippen LogP contribution in [-0.2, 0) is 13.6 Å². The molecule has 0 aliphatic heterocycles. The molecule has 2 aromatic rings. The van der Waals surface area contributed by atoms with Gasteiger partial charge in [-0.15, -0.1) is 0 Å². The van der Waals surface area contributed by atoms with Crippen molar-refractivity contribution in [2.24, 2.45) is 7.05 Å². The largest absolute Gasteiger partial charge is 0.497 e. The third-order valence-corrected chi connectivity index (χ3v) is 3.07. The zero-order valence-electron chi connectivity index (χ0n) is 11.8. The Morgan fingerprint density at radius 1 is 1.37 bits per heavy atom. The molecule has 0 saturated carbocycles. The Bertz CT molecular complexity index is 534. The van der Waals surface area contributed by atoms with Crippen molar-refractivity contribution in [2.45, 2.75) is 19.9 Å². The monoisotopic (exact) mass is 259 g/mol. The summed E-state index contributed by atoms with van der Waals surface area (Å²) in [6.45, 7) is 4.03. The summed E-state index contributed by atoms with van der Waals surface area (Å²) in [5, 5.41) is 7.68. The van der Waals surface area contributed by atoms with E-state index >= 15 is 0 Å². The summed E-state index contributed by atoms with van der Waals surface area (Å²) in [4.78, 5) is 0. The Morgan fingerprint density at radius 3 is 2.84 bits per heavy atom. The van der Waals surface area contributed by atoms with E-state index in [-0.39, 0.29) is 0 Å². The van der Waals surface area contributed by atoms with Gasteiger partial charge in [-0.3, -0.25) is 4.68 Å². The predicted molar refractivity (Wildman–Crippen MR) is 77.2 cm³/mol. The van der Waals surface area contributed by atoms with Crippen LogP contribution in [-0.4, -0.2) is 23.4 Å². The Kier molecular flexibility index (Phi) is 4.58. The molecule has 0 amide bonds. The summed E-state index contributed by atoms with van der Waals surface area (Å²) in [7, 11) is 3.63. The minimum atomic E-state index is 0.843. The fraction of sp³-hybridized carbons (Fsp3) is 0.400. The average molecular weight is 259 g/mol. The molecular weight excluding hydrogens is 238 g/mol. The highest BCUT2D eigenvalue weighted by Gasteiger charge is 2.08. The topological polar surface area (TPSA) is 39.1 Å². The van der Waals surface area contributed by atoms with Crippen LogP contribution >= 0.6 is 0 Å². The summed E-state index contributed by atoms with van der Waals surface area (Å²) in [5.74, 6) is 0.890. The van der Waals surface area contributed by atoms with Gasteiger partial charge in [0.2, 0.25) is 0 Å². The quantitative estimate of drug-likeness (QED) is 0.810. The number of nitrogens with zero attached hydrogens (tertiary/aromatic N) is 2. The minimum absolute atomic E-state index is 0.843. The zero-order valence-corrected chi connectivity index (χ0v) is 11.8. The Labute approximate surface area is 114 Å². The van der Waals surface area contributed by atoms with Crippen LogP contribution in [0.4, 0.5) is 0 Å². The molecule has 102 valence electrons. The number of rotatable bonds is 6. The molecule has 0 aliphatic rings. The predicted octanol–water partition coefficient (Wildman–Crippen LogP) is 2.60. The standard InChI is InChI=1S/C15H21N3O/c1-4-7-16-9-12-8-14(19-3)5-6-15(12)13-10-17-18(2)11-13/h5-6,8,10-11,16H,4,7,9H2,1-3H3. The zero-order chi connectivity index (χ0) is 13.7. The third-order valence-electron chi connectivity index (χ3n) is 3.07. The van der Waals surface area contributed by atoms with Crippen LogP contribution in [0.25, 0.3) is 11.1 Å². The summed E-state index contributed by atoms with van der Waals surface area (Å²) in [6, 6.07) is 6.18. The van der Waals surface area contributed by atoms with Gasteiger partial charge in [-0.1, -0.05) is 13.0 Å². The lowest BCUT2D eigenvalue weighted by Crippen LogP contribution is -2.14. The lowest BCUT2D eigenvalue weighted by Gasteiger charge is -2.11. The normalized spacial score (nSPS) is 10.7. The second-order valence-electron chi connectivity index (χ2n) is 4.60. The maximum absolute atomic E-state index is 5.31. The van der Waals surface area contributed by atoms with E-state index in [1.165, 1.54) is 11.1 Å². The lowest BCUT2D eigenvalue weighted by atomic mass is 10.0. The molecule has 4 heteroatoms. The van der Waals surface area contributed by atoms with Gasteiger partial charge in [0.1, 0.15) is 5.75 Å². The van der Waals surface area contributed by atoms with Crippen LogP contribution in [0.2, 0.25) is 0 Å². The van der Waals surface area contributed by atoms with Crippen molar-refractivity contribution >= 4 is 0 Å². The average Bonchev–Trinajstić information content (AvgIpc) is 2.85. The van der Waals surface area contributed by atoms with E-state index in [1.54, 1.807) is 7.11 Å². The first-order valence-electron chi connectivity index (χ1n) is 6.61. The van der Waals surface area contributed by atoms with Gasteiger partial charge in [-0.2, -0.15) is 5.10 Å². The molecule has 0 radical (unpaired) electrons. The maximum atomic E-state index is 5.31. The van der Waals surface area contributed by atoms with Gasteiger partial charge in [-0.05, 0) is 36.2 Å². The van der Waals surface area contributed by atoms with Gasteiger partial charge < -0.3 is 10.1 Å². The first-order valence-corrected chi connectivity index (χ1v) is 6.61. The van der Waals surface area contributed by atoms with Crippen LogP contribution in [0, 0.1) is 0 Å². The molecule has 4 nitrogen and oxygen atoms in total. The highest BCUT2D eigenvalue weighted by Crippen LogP contribution is 2.27. The smallest absolute Gasteiger partial charge is 0.119 e. The number of hydrogen-bond acceptors (Lipinski definition) is 3. The number of benzene rings is 1. The summed E-state index contributed by atoms with van der Waals surface area (Å²) in [6.07, 6.45) is 5.06. The fourth-order valence-electron chi connectivity index (χ4n) is 2.09. The molecule has 1 N–H and O–H groups in total. The van der Waals surface area contributed by atoms with Crippen LogP contribution in [0.1, 0.15) is 18.9 Å². The fourth-order valence-corrected chi connectivity index (χ4v) is 2.09. The third kappa shape index (κ3) is 3.35.